The number of benzene rings is 1. The second-order valence-corrected chi connectivity index (χ2v) is 8.65. The third-order valence-corrected chi connectivity index (χ3v) is 5.97. The highest BCUT2D eigenvalue weighted by atomic mass is 35.5. The number of carbonyl (C=O) groups excluding carboxylic acids is 1. The molecule has 0 unspecified atom stereocenters. The number of thioether (sulfide) groups is 1. The second kappa shape index (κ2) is 10.1. The van der Waals surface area contributed by atoms with E-state index in [-0.39, 0.29) is 12.0 Å². The van der Waals surface area contributed by atoms with Crippen molar-refractivity contribution >= 4 is 35.0 Å². The van der Waals surface area contributed by atoms with E-state index < -0.39 is 0 Å². The Hall–Kier alpha value is -1.76. The van der Waals surface area contributed by atoms with Crippen molar-refractivity contribution in [1.29, 1.82) is 0 Å². The molecule has 1 N–H and O–H groups in total. The maximum absolute atomic E-state index is 12.5. The van der Waals surface area contributed by atoms with Gasteiger partial charge in [-0.15, -0.1) is 0 Å². The predicted octanol–water partition coefficient (Wildman–Crippen LogP) is 5.19. The molecule has 0 spiro atoms. The molecule has 28 heavy (non-hydrogen) atoms. The number of nitrogens with zero attached hydrogens (tertiary/aromatic N) is 1. The number of hydrogen-bond acceptors (Lipinski definition) is 5. The number of rotatable bonds is 7. The molecule has 1 aromatic heterocycles. The average Bonchev–Trinajstić information content (AvgIpc) is 2.69. The molecule has 1 aliphatic rings. The minimum absolute atomic E-state index is 0.0357. The molecular formula is C21H25ClN2O3S. The van der Waals surface area contributed by atoms with Crippen LogP contribution >= 0.6 is 23.4 Å². The van der Waals surface area contributed by atoms with Gasteiger partial charge in [0, 0.05) is 36.1 Å². The Balaban J connectivity index is 1.60. The van der Waals surface area contributed by atoms with E-state index in [0.717, 1.165) is 37.5 Å². The molecular weight excluding hydrogens is 396 g/mol. The van der Waals surface area contributed by atoms with E-state index in [1.54, 1.807) is 6.07 Å². The molecule has 1 fully saturated rings. The van der Waals surface area contributed by atoms with Gasteiger partial charge < -0.3 is 14.8 Å². The smallest absolute Gasteiger partial charge is 0.257 e. The molecule has 5 nitrogen and oxygen atoms in total. The van der Waals surface area contributed by atoms with Crippen molar-refractivity contribution in [2.45, 2.75) is 43.8 Å². The van der Waals surface area contributed by atoms with Crippen LogP contribution in [0.25, 0.3) is 0 Å². The van der Waals surface area contributed by atoms with Gasteiger partial charge in [0.2, 0.25) is 5.88 Å². The molecule has 0 radical (unpaired) electrons. The maximum atomic E-state index is 12.5. The minimum Gasteiger partial charge on any atom is -0.474 e. The summed E-state index contributed by atoms with van der Waals surface area (Å²) < 4.78 is 10.9. The second-order valence-electron chi connectivity index (χ2n) is 6.95. The van der Waals surface area contributed by atoms with Gasteiger partial charge in [-0.2, -0.15) is 11.8 Å². The lowest BCUT2D eigenvalue weighted by atomic mass is 10.2. The fourth-order valence-electron chi connectivity index (χ4n) is 2.86. The van der Waals surface area contributed by atoms with E-state index in [9.17, 15) is 4.79 Å². The van der Waals surface area contributed by atoms with Gasteiger partial charge in [0.15, 0.2) is 0 Å². The Bertz CT molecular complexity index is 810. The van der Waals surface area contributed by atoms with Crippen LogP contribution in [-0.2, 0) is 10.5 Å². The monoisotopic (exact) mass is 420 g/mol. The summed E-state index contributed by atoms with van der Waals surface area (Å²) >= 11 is 8.13. The number of pyridine rings is 1. The van der Waals surface area contributed by atoms with Crippen LogP contribution < -0.4 is 10.1 Å². The van der Waals surface area contributed by atoms with Crippen LogP contribution in [0, 0.1) is 0 Å². The first-order valence-electron chi connectivity index (χ1n) is 9.43. The fourth-order valence-corrected chi connectivity index (χ4v) is 4.20. The lowest BCUT2D eigenvalue weighted by Crippen LogP contribution is -2.17. The summed E-state index contributed by atoms with van der Waals surface area (Å²) in [6.45, 7) is 5.49. The van der Waals surface area contributed by atoms with E-state index >= 15 is 0 Å². The number of anilines is 1. The van der Waals surface area contributed by atoms with E-state index in [2.05, 4.69) is 16.4 Å². The summed E-state index contributed by atoms with van der Waals surface area (Å²) in [4.78, 5) is 16.7. The quantitative estimate of drug-likeness (QED) is 0.668. The van der Waals surface area contributed by atoms with E-state index in [0.29, 0.717) is 21.7 Å². The van der Waals surface area contributed by atoms with Crippen LogP contribution in [0.1, 0.15) is 42.6 Å². The molecule has 0 bridgehead atoms. The lowest BCUT2D eigenvalue weighted by molar-refractivity contribution is 0.1000. The Morgan fingerprint density at radius 3 is 2.86 bits per heavy atom. The number of carbonyl (C=O) groups is 1. The van der Waals surface area contributed by atoms with Crippen molar-refractivity contribution in [1.82, 2.24) is 4.98 Å². The van der Waals surface area contributed by atoms with Crippen molar-refractivity contribution in [3.05, 3.63) is 52.7 Å². The van der Waals surface area contributed by atoms with Crippen LogP contribution in [0.4, 0.5) is 5.69 Å². The lowest BCUT2D eigenvalue weighted by Gasteiger charge is -2.21. The summed E-state index contributed by atoms with van der Waals surface area (Å²) in [6.07, 6.45) is 3.65. The predicted molar refractivity (Wildman–Crippen MR) is 115 cm³/mol. The number of ether oxygens (including phenoxy) is 2. The first kappa shape index (κ1) is 21.0. The molecule has 0 atom stereocenters. The maximum Gasteiger partial charge on any atom is 0.257 e. The zero-order chi connectivity index (χ0) is 19.9. The van der Waals surface area contributed by atoms with Crippen molar-refractivity contribution in [3.63, 3.8) is 0 Å². The fraction of sp³-hybridized carbons (Fsp3) is 0.429. The summed E-state index contributed by atoms with van der Waals surface area (Å²) in [5.74, 6) is 1.00. The zero-order valence-electron chi connectivity index (χ0n) is 16.1. The summed E-state index contributed by atoms with van der Waals surface area (Å²) in [5, 5.41) is 3.88. The van der Waals surface area contributed by atoms with Gasteiger partial charge in [-0.05, 0) is 50.5 Å². The molecule has 2 heterocycles. The first-order valence-corrected chi connectivity index (χ1v) is 10.9. The van der Waals surface area contributed by atoms with Crippen molar-refractivity contribution in [3.8, 4) is 5.88 Å². The third kappa shape index (κ3) is 6.12. The number of aromatic nitrogens is 1. The SMILES string of the molecule is CC(C)Oc1ncc(C(=O)Nc2cccc(CSC3CCOCC3)c2)cc1Cl. The molecule has 1 aliphatic heterocycles. The van der Waals surface area contributed by atoms with Crippen LogP contribution in [0.5, 0.6) is 5.88 Å². The van der Waals surface area contributed by atoms with Gasteiger partial charge in [0.05, 0.1) is 11.7 Å². The standard InChI is InChI=1S/C21H25ClN2O3S/c1-14(2)27-21-19(22)11-16(12-23-21)20(25)24-17-5-3-4-15(10-17)13-28-18-6-8-26-9-7-18/h3-5,10-12,14,18H,6-9,13H2,1-2H3,(H,24,25). The Labute approximate surface area is 175 Å². The van der Waals surface area contributed by atoms with Gasteiger partial charge in [-0.3, -0.25) is 4.79 Å². The molecule has 3 rings (SSSR count). The Kier molecular flexibility index (Phi) is 7.59. The largest absolute Gasteiger partial charge is 0.474 e. The summed E-state index contributed by atoms with van der Waals surface area (Å²) in [6, 6.07) is 9.51. The van der Waals surface area contributed by atoms with Crippen molar-refractivity contribution in [2.24, 2.45) is 0 Å². The van der Waals surface area contributed by atoms with Crippen LogP contribution in [0.15, 0.2) is 36.5 Å². The molecule has 7 heteroatoms. The minimum atomic E-state index is -0.250. The van der Waals surface area contributed by atoms with Crippen LogP contribution in [-0.4, -0.2) is 35.5 Å². The number of hydrogen-bond donors (Lipinski definition) is 1. The number of halogens is 1. The van der Waals surface area contributed by atoms with Gasteiger partial charge in [-0.1, -0.05) is 23.7 Å². The van der Waals surface area contributed by atoms with Gasteiger partial charge in [0.25, 0.3) is 5.91 Å². The highest BCUT2D eigenvalue weighted by Gasteiger charge is 2.15. The number of nitrogens with one attached hydrogen (secondary N) is 1. The van der Waals surface area contributed by atoms with E-state index in [1.807, 2.05) is 43.8 Å². The summed E-state index contributed by atoms with van der Waals surface area (Å²) in [5.41, 5.74) is 2.34. The van der Waals surface area contributed by atoms with Crippen molar-refractivity contribution in [2.75, 3.05) is 18.5 Å². The Morgan fingerprint density at radius 1 is 1.36 bits per heavy atom. The van der Waals surface area contributed by atoms with Crippen LogP contribution in [0.2, 0.25) is 5.02 Å². The van der Waals surface area contributed by atoms with Gasteiger partial charge in [-0.25, -0.2) is 4.98 Å². The normalized spacial score (nSPS) is 14.9. The van der Waals surface area contributed by atoms with Gasteiger partial charge in [0.1, 0.15) is 5.02 Å². The Morgan fingerprint density at radius 2 is 2.14 bits per heavy atom. The molecule has 150 valence electrons. The zero-order valence-corrected chi connectivity index (χ0v) is 17.7. The molecule has 1 amide bonds. The molecule has 1 saturated heterocycles. The molecule has 0 aliphatic carbocycles. The third-order valence-electron chi connectivity index (χ3n) is 4.26. The highest BCUT2D eigenvalue weighted by Crippen LogP contribution is 2.27. The highest BCUT2D eigenvalue weighted by molar-refractivity contribution is 7.99. The molecule has 1 aromatic carbocycles. The molecule has 0 saturated carbocycles. The first-order chi connectivity index (χ1) is 13.5. The van der Waals surface area contributed by atoms with E-state index in [4.69, 9.17) is 21.1 Å². The van der Waals surface area contributed by atoms with Gasteiger partial charge >= 0.3 is 0 Å². The van der Waals surface area contributed by atoms with Crippen molar-refractivity contribution < 1.29 is 14.3 Å². The van der Waals surface area contributed by atoms with Crippen LogP contribution in [0.3, 0.4) is 0 Å². The summed E-state index contributed by atoms with van der Waals surface area (Å²) in [7, 11) is 0. The topological polar surface area (TPSA) is 60.5 Å². The molecule has 2 aromatic rings. The average molecular weight is 421 g/mol. The van der Waals surface area contributed by atoms with E-state index in [1.165, 1.54) is 11.8 Å². The number of amides is 1.